The lowest BCUT2D eigenvalue weighted by atomic mass is 10.1. The summed E-state index contributed by atoms with van der Waals surface area (Å²) < 4.78 is 10.7. The summed E-state index contributed by atoms with van der Waals surface area (Å²) in [6, 6.07) is 0.333. The molecule has 0 radical (unpaired) electrons. The molecule has 2 rings (SSSR count). The van der Waals surface area contributed by atoms with E-state index in [-0.39, 0.29) is 12.1 Å². The van der Waals surface area contributed by atoms with E-state index < -0.39 is 0 Å². The van der Waals surface area contributed by atoms with Crippen LogP contribution in [0.4, 0.5) is 0 Å². The highest BCUT2D eigenvalue weighted by molar-refractivity contribution is 5.70. The molecule has 0 aliphatic carbocycles. The van der Waals surface area contributed by atoms with Gasteiger partial charge in [-0.25, -0.2) is 0 Å². The zero-order chi connectivity index (χ0) is 11.2. The summed E-state index contributed by atoms with van der Waals surface area (Å²) in [5, 5.41) is 3.29. The highest BCUT2D eigenvalue weighted by Crippen LogP contribution is 2.14. The Balaban J connectivity index is 1.59. The first-order chi connectivity index (χ1) is 7.84. The lowest BCUT2D eigenvalue weighted by Crippen LogP contribution is -2.29. The average Bonchev–Trinajstić information content (AvgIpc) is 2.81. The van der Waals surface area contributed by atoms with E-state index >= 15 is 0 Å². The minimum atomic E-state index is -0.0893. The summed E-state index contributed by atoms with van der Waals surface area (Å²) in [4.78, 5) is 11.5. The Kier molecular flexibility index (Phi) is 4.60. The molecule has 4 nitrogen and oxygen atoms in total. The fraction of sp³-hybridized carbons (Fsp3) is 0.917. The van der Waals surface area contributed by atoms with Gasteiger partial charge in [-0.05, 0) is 38.6 Å². The lowest BCUT2D eigenvalue weighted by molar-refractivity contribution is -0.149. The van der Waals surface area contributed by atoms with Crippen molar-refractivity contribution in [3.05, 3.63) is 0 Å². The second-order valence-corrected chi connectivity index (χ2v) is 4.67. The van der Waals surface area contributed by atoms with Crippen LogP contribution >= 0.6 is 0 Å². The maximum atomic E-state index is 11.5. The fourth-order valence-corrected chi connectivity index (χ4v) is 2.32. The summed E-state index contributed by atoms with van der Waals surface area (Å²) in [7, 11) is 0. The van der Waals surface area contributed by atoms with E-state index in [0.29, 0.717) is 19.1 Å². The second-order valence-electron chi connectivity index (χ2n) is 4.67. The van der Waals surface area contributed by atoms with Crippen molar-refractivity contribution in [1.29, 1.82) is 0 Å². The van der Waals surface area contributed by atoms with Gasteiger partial charge >= 0.3 is 5.97 Å². The van der Waals surface area contributed by atoms with Gasteiger partial charge in [0.25, 0.3) is 0 Å². The van der Waals surface area contributed by atoms with Crippen LogP contribution in [0, 0.1) is 0 Å². The number of hydrogen-bond acceptors (Lipinski definition) is 4. The van der Waals surface area contributed by atoms with Crippen LogP contribution in [-0.2, 0) is 14.3 Å². The monoisotopic (exact) mass is 227 g/mol. The zero-order valence-corrected chi connectivity index (χ0v) is 9.74. The van der Waals surface area contributed by atoms with Gasteiger partial charge < -0.3 is 14.8 Å². The molecule has 2 fully saturated rings. The molecule has 0 bridgehead atoms. The molecule has 0 saturated carbocycles. The Labute approximate surface area is 96.7 Å². The van der Waals surface area contributed by atoms with Gasteiger partial charge in [0.2, 0.25) is 0 Å². The maximum Gasteiger partial charge on any atom is 0.307 e. The van der Waals surface area contributed by atoms with Gasteiger partial charge in [0, 0.05) is 12.6 Å². The molecular formula is C12H21NO3. The Morgan fingerprint density at radius 2 is 2.25 bits per heavy atom. The van der Waals surface area contributed by atoms with Crippen LogP contribution in [0.1, 0.15) is 38.5 Å². The van der Waals surface area contributed by atoms with Crippen molar-refractivity contribution >= 4 is 5.97 Å². The Morgan fingerprint density at radius 3 is 2.94 bits per heavy atom. The van der Waals surface area contributed by atoms with Gasteiger partial charge in [-0.2, -0.15) is 0 Å². The molecule has 0 aromatic rings. The third kappa shape index (κ3) is 3.76. The summed E-state index contributed by atoms with van der Waals surface area (Å²) in [5.41, 5.74) is 0. The predicted molar refractivity (Wildman–Crippen MR) is 60.2 cm³/mol. The summed E-state index contributed by atoms with van der Waals surface area (Å²) >= 11 is 0. The zero-order valence-electron chi connectivity index (χ0n) is 9.74. The summed E-state index contributed by atoms with van der Waals surface area (Å²) in [5.74, 6) is -0.0893. The molecule has 16 heavy (non-hydrogen) atoms. The van der Waals surface area contributed by atoms with Crippen molar-refractivity contribution in [2.75, 3.05) is 19.8 Å². The molecule has 0 spiro atoms. The van der Waals surface area contributed by atoms with Crippen LogP contribution in [0.3, 0.4) is 0 Å². The fourth-order valence-electron chi connectivity index (χ4n) is 2.32. The Bertz CT molecular complexity index is 220. The highest BCUT2D eigenvalue weighted by atomic mass is 16.6. The van der Waals surface area contributed by atoms with E-state index in [0.717, 1.165) is 32.4 Å². The van der Waals surface area contributed by atoms with Gasteiger partial charge in [0.15, 0.2) is 0 Å². The van der Waals surface area contributed by atoms with E-state index in [1.807, 2.05) is 0 Å². The van der Waals surface area contributed by atoms with Gasteiger partial charge in [-0.3, -0.25) is 4.79 Å². The molecule has 4 heteroatoms. The average molecular weight is 227 g/mol. The van der Waals surface area contributed by atoms with Crippen molar-refractivity contribution in [3.63, 3.8) is 0 Å². The molecule has 2 saturated heterocycles. The minimum absolute atomic E-state index is 0.0893. The van der Waals surface area contributed by atoms with E-state index in [1.54, 1.807) is 0 Å². The number of esters is 1. The van der Waals surface area contributed by atoms with Crippen molar-refractivity contribution in [2.45, 2.75) is 50.7 Å². The Hall–Kier alpha value is -0.610. The van der Waals surface area contributed by atoms with E-state index in [4.69, 9.17) is 9.47 Å². The molecule has 0 amide bonds. The van der Waals surface area contributed by atoms with Crippen molar-refractivity contribution in [1.82, 2.24) is 5.32 Å². The third-order valence-electron chi connectivity index (χ3n) is 3.28. The number of rotatable bonds is 4. The second kappa shape index (κ2) is 6.21. The van der Waals surface area contributed by atoms with Gasteiger partial charge in [-0.15, -0.1) is 0 Å². The molecular weight excluding hydrogens is 206 g/mol. The van der Waals surface area contributed by atoms with Crippen LogP contribution in [0.15, 0.2) is 0 Å². The number of hydrogen-bond donors (Lipinski definition) is 1. The first-order valence-electron chi connectivity index (χ1n) is 6.35. The smallest absolute Gasteiger partial charge is 0.307 e. The van der Waals surface area contributed by atoms with E-state index in [2.05, 4.69) is 5.32 Å². The molecule has 1 N–H and O–H groups in total. The maximum absolute atomic E-state index is 11.5. The number of carbonyl (C=O) groups is 1. The highest BCUT2D eigenvalue weighted by Gasteiger charge is 2.20. The van der Waals surface area contributed by atoms with Gasteiger partial charge in [-0.1, -0.05) is 0 Å². The van der Waals surface area contributed by atoms with E-state index in [1.165, 1.54) is 12.8 Å². The lowest BCUT2D eigenvalue weighted by Gasteiger charge is -2.22. The first-order valence-corrected chi connectivity index (χ1v) is 6.35. The van der Waals surface area contributed by atoms with Crippen LogP contribution in [-0.4, -0.2) is 37.9 Å². The molecule has 0 aromatic heterocycles. The molecule has 92 valence electrons. The number of ether oxygens (including phenoxy) is 2. The number of nitrogens with one attached hydrogen (secondary N) is 1. The molecule has 2 aliphatic heterocycles. The molecule has 2 heterocycles. The quantitative estimate of drug-likeness (QED) is 0.734. The van der Waals surface area contributed by atoms with Gasteiger partial charge in [0.1, 0.15) is 6.61 Å². The van der Waals surface area contributed by atoms with Crippen molar-refractivity contribution < 1.29 is 14.3 Å². The van der Waals surface area contributed by atoms with E-state index in [9.17, 15) is 4.79 Å². The predicted octanol–water partition coefficient (Wildman–Crippen LogP) is 1.24. The summed E-state index contributed by atoms with van der Waals surface area (Å²) in [6.07, 6.45) is 6.25. The van der Waals surface area contributed by atoms with Gasteiger partial charge in [0.05, 0.1) is 12.5 Å². The Morgan fingerprint density at radius 1 is 1.31 bits per heavy atom. The number of carbonyl (C=O) groups excluding carboxylic acids is 1. The SMILES string of the molecule is O=C(CC1CCCN1)OCC1CCCCO1. The molecule has 2 unspecified atom stereocenters. The summed E-state index contributed by atoms with van der Waals surface area (Å²) in [6.45, 7) is 2.28. The van der Waals surface area contributed by atoms with Crippen LogP contribution < -0.4 is 5.32 Å². The third-order valence-corrected chi connectivity index (χ3v) is 3.28. The molecule has 0 aromatic carbocycles. The standard InChI is InChI=1S/C12H21NO3/c14-12(8-10-4-3-6-13-10)16-9-11-5-1-2-7-15-11/h10-11,13H,1-9H2. The van der Waals surface area contributed by atoms with Crippen LogP contribution in [0.2, 0.25) is 0 Å². The molecule has 2 atom stereocenters. The normalized spacial score (nSPS) is 30.2. The first kappa shape index (κ1) is 11.9. The van der Waals surface area contributed by atoms with Crippen molar-refractivity contribution in [3.8, 4) is 0 Å². The van der Waals surface area contributed by atoms with Crippen LogP contribution in [0.5, 0.6) is 0 Å². The van der Waals surface area contributed by atoms with Crippen LogP contribution in [0.25, 0.3) is 0 Å². The molecule has 2 aliphatic rings. The topological polar surface area (TPSA) is 47.6 Å². The van der Waals surface area contributed by atoms with Crippen molar-refractivity contribution in [2.24, 2.45) is 0 Å². The minimum Gasteiger partial charge on any atom is -0.463 e. The largest absolute Gasteiger partial charge is 0.463 e.